The number of nitrogens with two attached hydrogens (primary N) is 1. The van der Waals surface area contributed by atoms with E-state index in [9.17, 15) is 13.2 Å². The molecule has 1 rings (SSSR count). The zero-order valence-corrected chi connectivity index (χ0v) is 9.08. The van der Waals surface area contributed by atoms with Crippen molar-refractivity contribution in [1.29, 1.82) is 0 Å². The van der Waals surface area contributed by atoms with E-state index in [1.807, 2.05) is 0 Å². The van der Waals surface area contributed by atoms with Crippen LogP contribution in [-0.4, -0.2) is 26.7 Å². The van der Waals surface area contributed by atoms with E-state index in [1.54, 1.807) is 6.07 Å². The van der Waals surface area contributed by atoms with E-state index in [4.69, 9.17) is 15.2 Å². The quantitative estimate of drug-likeness (QED) is 0.495. The van der Waals surface area contributed by atoms with Gasteiger partial charge in [-0.3, -0.25) is 0 Å². The standard InChI is InChI=1S/C10H12F3NO3/c1-15-7-2-3-9(8(14)4-7)17-6-16-5-10(11,12)13/h2-4H,5-6,14H2,1H3. The highest BCUT2D eigenvalue weighted by Gasteiger charge is 2.27. The minimum atomic E-state index is -4.37. The maximum absolute atomic E-state index is 11.7. The van der Waals surface area contributed by atoms with Crippen LogP contribution in [0.3, 0.4) is 0 Å². The van der Waals surface area contributed by atoms with Gasteiger partial charge in [-0.1, -0.05) is 0 Å². The third kappa shape index (κ3) is 4.81. The van der Waals surface area contributed by atoms with Crippen LogP contribution in [0.5, 0.6) is 11.5 Å². The molecule has 96 valence electrons. The highest BCUT2D eigenvalue weighted by atomic mass is 19.4. The highest BCUT2D eigenvalue weighted by Crippen LogP contribution is 2.26. The molecule has 0 aliphatic carbocycles. The third-order valence-electron chi connectivity index (χ3n) is 1.78. The van der Waals surface area contributed by atoms with Crippen LogP contribution in [0.25, 0.3) is 0 Å². The first-order valence-electron chi connectivity index (χ1n) is 4.63. The van der Waals surface area contributed by atoms with E-state index in [2.05, 4.69) is 4.74 Å². The van der Waals surface area contributed by atoms with Gasteiger partial charge in [0, 0.05) is 6.07 Å². The molecule has 0 saturated heterocycles. The second kappa shape index (κ2) is 5.62. The monoisotopic (exact) mass is 251 g/mol. The van der Waals surface area contributed by atoms with Gasteiger partial charge in [-0.15, -0.1) is 0 Å². The van der Waals surface area contributed by atoms with Crippen molar-refractivity contribution in [3.8, 4) is 11.5 Å². The second-order valence-corrected chi connectivity index (χ2v) is 3.13. The van der Waals surface area contributed by atoms with E-state index < -0.39 is 19.6 Å². The van der Waals surface area contributed by atoms with E-state index in [-0.39, 0.29) is 11.4 Å². The second-order valence-electron chi connectivity index (χ2n) is 3.13. The summed E-state index contributed by atoms with van der Waals surface area (Å²) in [6.07, 6.45) is -4.37. The van der Waals surface area contributed by atoms with Crippen LogP contribution in [0.2, 0.25) is 0 Å². The number of halogens is 3. The summed E-state index contributed by atoms with van der Waals surface area (Å²) in [5, 5.41) is 0. The molecular weight excluding hydrogens is 239 g/mol. The number of benzene rings is 1. The van der Waals surface area contributed by atoms with Gasteiger partial charge in [-0.2, -0.15) is 13.2 Å². The van der Waals surface area contributed by atoms with Crippen LogP contribution in [0.15, 0.2) is 18.2 Å². The lowest BCUT2D eigenvalue weighted by Gasteiger charge is -2.11. The van der Waals surface area contributed by atoms with Crippen LogP contribution < -0.4 is 15.2 Å². The van der Waals surface area contributed by atoms with Crippen LogP contribution in [0.4, 0.5) is 18.9 Å². The minimum Gasteiger partial charge on any atom is -0.497 e. The van der Waals surface area contributed by atoms with Gasteiger partial charge in [0.1, 0.15) is 18.1 Å². The topological polar surface area (TPSA) is 53.7 Å². The number of methoxy groups -OCH3 is 1. The normalized spacial score (nSPS) is 11.3. The molecule has 0 spiro atoms. The molecule has 0 aliphatic rings. The molecule has 2 N–H and O–H groups in total. The van der Waals surface area contributed by atoms with Crippen molar-refractivity contribution < 1.29 is 27.4 Å². The van der Waals surface area contributed by atoms with Crippen molar-refractivity contribution in [2.45, 2.75) is 6.18 Å². The van der Waals surface area contributed by atoms with Crippen molar-refractivity contribution in [3.05, 3.63) is 18.2 Å². The average molecular weight is 251 g/mol. The molecule has 0 bridgehead atoms. The van der Waals surface area contributed by atoms with Crippen LogP contribution in [0, 0.1) is 0 Å². The number of alkyl halides is 3. The summed E-state index contributed by atoms with van der Waals surface area (Å²) in [6, 6.07) is 4.57. The van der Waals surface area contributed by atoms with Crippen molar-refractivity contribution in [2.24, 2.45) is 0 Å². The third-order valence-corrected chi connectivity index (χ3v) is 1.78. The first kappa shape index (κ1) is 13.4. The van der Waals surface area contributed by atoms with E-state index >= 15 is 0 Å². The molecule has 1 aromatic carbocycles. The molecule has 0 radical (unpaired) electrons. The Morgan fingerprint density at radius 2 is 2.00 bits per heavy atom. The number of rotatable bonds is 5. The summed E-state index contributed by atoms with van der Waals surface area (Å²) in [6.45, 7) is -1.88. The van der Waals surface area contributed by atoms with Gasteiger partial charge >= 0.3 is 6.18 Å². The molecule has 17 heavy (non-hydrogen) atoms. The zero-order valence-electron chi connectivity index (χ0n) is 9.08. The number of hydrogen-bond donors (Lipinski definition) is 1. The lowest BCUT2D eigenvalue weighted by molar-refractivity contribution is -0.186. The maximum Gasteiger partial charge on any atom is 0.411 e. The molecule has 0 atom stereocenters. The van der Waals surface area contributed by atoms with Gasteiger partial charge in [-0.05, 0) is 12.1 Å². The fourth-order valence-electron chi connectivity index (χ4n) is 1.05. The maximum atomic E-state index is 11.7. The summed E-state index contributed by atoms with van der Waals surface area (Å²) < 4.78 is 49.3. The fourth-order valence-corrected chi connectivity index (χ4v) is 1.05. The van der Waals surface area contributed by atoms with Crippen LogP contribution in [0.1, 0.15) is 0 Å². The van der Waals surface area contributed by atoms with Gasteiger partial charge in [0.15, 0.2) is 6.79 Å². The van der Waals surface area contributed by atoms with Gasteiger partial charge < -0.3 is 19.9 Å². The predicted molar refractivity (Wildman–Crippen MR) is 54.9 cm³/mol. The Hall–Kier alpha value is -1.63. The van der Waals surface area contributed by atoms with Crippen molar-refractivity contribution >= 4 is 5.69 Å². The van der Waals surface area contributed by atoms with Crippen molar-refractivity contribution in [2.75, 3.05) is 26.2 Å². The molecular formula is C10H12F3NO3. The Labute approximate surface area is 96.1 Å². The van der Waals surface area contributed by atoms with Crippen LogP contribution >= 0.6 is 0 Å². The smallest absolute Gasteiger partial charge is 0.411 e. The van der Waals surface area contributed by atoms with Crippen LogP contribution in [-0.2, 0) is 4.74 Å². The van der Waals surface area contributed by atoms with Gasteiger partial charge in [-0.25, -0.2) is 0 Å². The molecule has 4 nitrogen and oxygen atoms in total. The van der Waals surface area contributed by atoms with Gasteiger partial charge in [0.2, 0.25) is 0 Å². The lowest BCUT2D eigenvalue weighted by Crippen LogP contribution is -2.19. The number of anilines is 1. The zero-order chi connectivity index (χ0) is 12.9. The predicted octanol–water partition coefficient (Wildman–Crippen LogP) is 2.19. The molecule has 0 fully saturated rings. The largest absolute Gasteiger partial charge is 0.497 e. The fraction of sp³-hybridized carbons (Fsp3) is 0.400. The molecule has 0 aromatic heterocycles. The molecule has 0 amide bonds. The van der Waals surface area contributed by atoms with Gasteiger partial charge in [0.05, 0.1) is 12.8 Å². The Morgan fingerprint density at radius 3 is 2.53 bits per heavy atom. The lowest BCUT2D eigenvalue weighted by atomic mass is 10.3. The molecule has 7 heteroatoms. The van der Waals surface area contributed by atoms with E-state index in [0.29, 0.717) is 5.75 Å². The van der Waals surface area contributed by atoms with Crippen molar-refractivity contribution in [1.82, 2.24) is 0 Å². The summed E-state index contributed by atoms with van der Waals surface area (Å²) in [5.41, 5.74) is 5.85. The SMILES string of the molecule is COc1ccc(OCOCC(F)(F)F)c(N)c1. The molecule has 0 saturated carbocycles. The highest BCUT2D eigenvalue weighted by molar-refractivity contribution is 5.56. The van der Waals surface area contributed by atoms with E-state index in [1.165, 1.54) is 19.2 Å². The number of nitrogen functional groups attached to an aromatic ring is 1. The Bertz CT molecular complexity index is 368. The molecule has 1 aromatic rings. The summed E-state index contributed by atoms with van der Waals surface area (Å²) in [7, 11) is 1.47. The Balaban J connectivity index is 2.42. The molecule has 0 heterocycles. The van der Waals surface area contributed by atoms with E-state index in [0.717, 1.165) is 0 Å². The number of ether oxygens (including phenoxy) is 3. The Kier molecular flexibility index (Phi) is 4.45. The molecule has 0 unspecified atom stereocenters. The molecule has 0 aliphatic heterocycles. The average Bonchev–Trinajstić information content (AvgIpc) is 2.24. The summed E-state index contributed by atoms with van der Waals surface area (Å²) in [5.74, 6) is 0.777. The first-order valence-corrected chi connectivity index (χ1v) is 4.63. The summed E-state index contributed by atoms with van der Waals surface area (Å²) >= 11 is 0. The van der Waals surface area contributed by atoms with Crippen molar-refractivity contribution in [3.63, 3.8) is 0 Å². The number of hydrogen-bond acceptors (Lipinski definition) is 4. The van der Waals surface area contributed by atoms with Gasteiger partial charge in [0.25, 0.3) is 0 Å². The Morgan fingerprint density at radius 1 is 1.29 bits per heavy atom. The minimum absolute atomic E-state index is 0.243. The summed E-state index contributed by atoms with van der Waals surface area (Å²) in [4.78, 5) is 0. The first-order chi connectivity index (χ1) is 7.92.